The van der Waals surface area contributed by atoms with E-state index in [1.165, 1.54) is 19.1 Å². The maximum absolute atomic E-state index is 14.5. The van der Waals surface area contributed by atoms with Crippen molar-refractivity contribution in [1.82, 2.24) is 5.16 Å². The van der Waals surface area contributed by atoms with Crippen molar-refractivity contribution >= 4 is 11.8 Å². The van der Waals surface area contributed by atoms with Crippen LogP contribution < -0.4 is 0 Å². The number of hydrogen-bond donors (Lipinski definition) is 0. The molecular formula is C31H45NO4. The molecule has 5 heteroatoms. The maximum atomic E-state index is 14.5. The first kappa shape index (κ1) is 24.7. The highest BCUT2D eigenvalue weighted by Gasteiger charge is 2.72. The lowest BCUT2D eigenvalue weighted by molar-refractivity contribution is -0.228. The van der Waals surface area contributed by atoms with E-state index in [9.17, 15) is 9.59 Å². The van der Waals surface area contributed by atoms with Gasteiger partial charge >= 0.3 is 5.97 Å². The summed E-state index contributed by atoms with van der Waals surface area (Å²) >= 11 is 0. The fourth-order valence-corrected chi connectivity index (χ4v) is 11.1. The first-order chi connectivity index (χ1) is 16.8. The third-order valence-electron chi connectivity index (χ3n) is 13.2. The van der Waals surface area contributed by atoms with Gasteiger partial charge in [-0.15, -0.1) is 0 Å². The van der Waals surface area contributed by atoms with Crippen molar-refractivity contribution in [2.24, 2.45) is 50.7 Å². The van der Waals surface area contributed by atoms with E-state index in [0.29, 0.717) is 30.0 Å². The monoisotopic (exact) mass is 495 g/mol. The second-order valence-corrected chi connectivity index (χ2v) is 15.0. The van der Waals surface area contributed by atoms with Crippen LogP contribution in [0.25, 0.3) is 0 Å². The largest absolute Gasteiger partial charge is 0.469 e. The number of carbonyl (C=O) groups is 2. The summed E-state index contributed by atoms with van der Waals surface area (Å²) in [6, 6.07) is 0. The number of ketones is 1. The van der Waals surface area contributed by atoms with Crippen molar-refractivity contribution in [2.45, 2.75) is 105 Å². The van der Waals surface area contributed by atoms with Crippen LogP contribution in [0.4, 0.5) is 0 Å². The predicted octanol–water partition coefficient (Wildman–Crippen LogP) is 6.75. The van der Waals surface area contributed by atoms with E-state index in [4.69, 9.17) is 9.26 Å². The molecule has 0 bridgehead atoms. The lowest BCUT2D eigenvalue weighted by Crippen LogP contribution is -2.68. The number of hydrogen-bond acceptors (Lipinski definition) is 5. The Hall–Kier alpha value is -1.65. The average molecular weight is 496 g/mol. The smallest absolute Gasteiger partial charge is 0.312 e. The number of esters is 1. The minimum Gasteiger partial charge on any atom is -0.469 e. The fourth-order valence-electron chi connectivity index (χ4n) is 11.1. The molecule has 5 aliphatic rings. The molecule has 0 aromatic carbocycles. The molecule has 5 nitrogen and oxygen atoms in total. The van der Waals surface area contributed by atoms with E-state index in [0.717, 1.165) is 50.7 Å². The van der Waals surface area contributed by atoms with Crippen LogP contribution in [0, 0.1) is 50.7 Å². The minimum atomic E-state index is -0.495. The van der Waals surface area contributed by atoms with Crippen molar-refractivity contribution < 1.29 is 18.8 Å². The SMILES string of the molecule is COC(=O)[C@]12CCC(C)(C)C[C@H]1[C@H]1C(=O)C[C@@H]3[C@@]4(C)Cc5cnoc5[C@@H](C)[C@@H]4CC[C@@]3(C)[C@]1(C)CC2. The zero-order valence-electron chi connectivity index (χ0n) is 23.4. The van der Waals surface area contributed by atoms with Crippen LogP contribution in [-0.2, 0) is 20.7 Å². The normalized spacial score (nSPS) is 49.1. The Balaban J connectivity index is 1.44. The summed E-state index contributed by atoms with van der Waals surface area (Å²) in [6.45, 7) is 14.4. The van der Waals surface area contributed by atoms with Crippen LogP contribution in [-0.4, -0.2) is 24.0 Å². The first-order valence-corrected chi connectivity index (χ1v) is 14.4. The van der Waals surface area contributed by atoms with Crippen LogP contribution in [0.5, 0.6) is 0 Å². The van der Waals surface area contributed by atoms with Crippen LogP contribution >= 0.6 is 0 Å². The second-order valence-electron chi connectivity index (χ2n) is 15.0. The highest BCUT2D eigenvalue weighted by atomic mass is 16.5. The minimum absolute atomic E-state index is 0.0529. The zero-order chi connectivity index (χ0) is 25.9. The molecule has 4 saturated carbocycles. The highest BCUT2D eigenvalue weighted by Crippen LogP contribution is 2.75. The summed E-state index contributed by atoms with van der Waals surface area (Å²) in [6.07, 6.45) is 10.4. The fraction of sp³-hybridized carbons (Fsp3) is 0.839. The van der Waals surface area contributed by atoms with Gasteiger partial charge in [0.1, 0.15) is 11.5 Å². The van der Waals surface area contributed by atoms with Gasteiger partial charge < -0.3 is 9.26 Å². The van der Waals surface area contributed by atoms with Gasteiger partial charge in [-0.05, 0) is 90.8 Å². The molecule has 5 aliphatic carbocycles. The summed E-state index contributed by atoms with van der Waals surface area (Å²) in [7, 11) is 1.53. The topological polar surface area (TPSA) is 69.4 Å². The van der Waals surface area contributed by atoms with Crippen LogP contribution in [0.3, 0.4) is 0 Å². The number of rotatable bonds is 1. The van der Waals surface area contributed by atoms with Crippen molar-refractivity contribution in [3.8, 4) is 0 Å². The van der Waals surface area contributed by atoms with Gasteiger partial charge in [0.15, 0.2) is 0 Å². The van der Waals surface area contributed by atoms with Gasteiger partial charge in [0, 0.05) is 23.8 Å². The quantitative estimate of drug-likeness (QED) is 0.403. The van der Waals surface area contributed by atoms with Crippen molar-refractivity contribution in [2.75, 3.05) is 7.11 Å². The maximum Gasteiger partial charge on any atom is 0.312 e. The number of Topliss-reactive ketones (excluding diaryl/α,β-unsaturated/α-hetero) is 1. The summed E-state index contributed by atoms with van der Waals surface area (Å²) in [5.41, 5.74) is 0.908. The van der Waals surface area contributed by atoms with Crippen molar-refractivity contribution in [3.05, 3.63) is 17.5 Å². The Morgan fingerprint density at radius 1 is 1.03 bits per heavy atom. The lowest BCUT2D eigenvalue weighted by Gasteiger charge is -2.71. The average Bonchev–Trinajstić information content (AvgIpc) is 3.28. The number of ether oxygens (including phenoxy) is 1. The number of aromatic nitrogens is 1. The molecule has 198 valence electrons. The molecule has 1 aromatic heterocycles. The Kier molecular flexibility index (Phi) is 5.12. The lowest BCUT2D eigenvalue weighted by atomic mass is 9.32. The summed E-state index contributed by atoms with van der Waals surface area (Å²) in [5.74, 6) is 2.63. The van der Waals surface area contributed by atoms with Gasteiger partial charge in [0.25, 0.3) is 0 Å². The van der Waals surface area contributed by atoms with E-state index < -0.39 is 5.41 Å². The van der Waals surface area contributed by atoms with Gasteiger partial charge in [-0.2, -0.15) is 0 Å². The van der Waals surface area contributed by atoms with Gasteiger partial charge in [-0.1, -0.05) is 46.7 Å². The summed E-state index contributed by atoms with van der Waals surface area (Å²) in [4.78, 5) is 27.9. The van der Waals surface area contributed by atoms with Gasteiger partial charge in [-0.25, -0.2) is 0 Å². The number of fused-ring (bicyclic) bond motifs is 8. The van der Waals surface area contributed by atoms with E-state index in [2.05, 4.69) is 46.7 Å². The number of nitrogens with zero attached hydrogens (tertiary/aromatic N) is 1. The van der Waals surface area contributed by atoms with Gasteiger partial charge in [-0.3, -0.25) is 9.59 Å². The molecule has 0 spiro atoms. The van der Waals surface area contributed by atoms with Crippen molar-refractivity contribution in [3.63, 3.8) is 0 Å². The third kappa shape index (κ3) is 2.86. The Labute approximate surface area is 216 Å². The second kappa shape index (κ2) is 7.47. The molecule has 6 rings (SSSR count). The Bertz CT molecular complexity index is 1110. The molecule has 0 aliphatic heterocycles. The number of carbonyl (C=O) groups excluding carboxylic acids is 2. The van der Waals surface area contributed by atoms with Crippen LogP contribution in [0.1, 0.15) is 110 Å². The standard InChI is InChI=1S/C31H45NO4/c1-18-20-8-9-29(5)23(28(20,4)15-19-17-32-36-25(18)19)14-22(33)24-21-16-27(2,3)10-12-31(21,26(34)35-7)13-11-30(24,29)6/h17-18,20-21,23-24H,8-16H2,1-7H3/t18-,20-,21-,23+,24-,28-,29+,30+,31-/m0/s1. The molecule has 1 heterocycles. The summed E-state index contributed by atoms with van der Waals surface area (Å²) in [5, 5.41) is 4.16. The molecule has 0 unspecified atom stereocenters. The molecular weight excluding hydrogens is 450 g/mol. The van der Waals surface area contributed by atoms with Crippen LogP contribution in [0.2, 0.25) is 0 Å². The predicted molar refractivity (Wildman–Crippen MR) is 137 cm³/mol. The molecule has 9 atom stereocenters. The highest BCUT2D eigenvalue weighted by molar-refractivity contribution is 5.86. The first-order valence-electron chi connectivity index (χ1n) is 14.4. The molecule has 0 N–H and O–H groups in total. The van der Waals surface area contributed by atoms with E-state index >= 15 is 0 Å². The Morgan fingerprint density at radius 3 is 2.47 bits per heavy atom. The van der Waals surface area contributed by atoms with Crippen molar-refractivity contribution in [1.29, 1.82) is 0 Å². The molecule has 1 aromatic rings. The molecule has 0 amide bonds. The van der Waals surface area contributed by atoms with E-state index in [1.54, 1.807) is 0 Å². The van der Waals surface area contributed by atoms with Crippen LogP contribution in [0.15, 0.2) is 10.7 Å². The van der Waals surface area contributed by atoms with E-state index in [-0.39, 0.29) is 39.5 Å². The van der Waals surface area contributed by atoms with Gasteiger partial charge in [0.2, 0.25) is 0 Å². The Morgan fingerprint density at radius 2 is 1.75 bits per heavy atom. The molecule has 0 radical (unpaired) electrons. The molecule has 36 heavy (non-hydrogen) atoms. The van der Waals surface area contributed by atoms with E-state index in [1.807, 2.05) is 6.20 Å². The summed E-state index contributed by atoms with van der Waals surface area (Å²) < 4.78 is 11.2. The molecule has 0 saturated heterocycles. The number of methoxy groups -OCH3 is 1. The zero-order valence-corrected chi connectivity index (χ0v) is 23.4. The van der Waals surface area contributed by atoms with Gasteiger partial charge in [0.05, 0.1) is 18.7 Å². The molecule has 4 fully saturated rings. The third-order valence-corrected chi connectivity index (χ3v) is 13.2.